The van der Waals surface area contributed by atoms with Crippen LogP contribution in [0.3, 0.4) is 0 Å². The van der Waals surface area contributed by atoms with Gasteiger partial charge in [-0.3, -0.25) is 0 Å². The molecule has 0 aromatic heterocycles. The molecule has 0 spiro atoms. The Kier molecular flexibility index (Phi) is 4.30. The van der Waals surface area contributed by atoms with Crippen molar-refractivity contribution in [2.24, 2.45) is 4.99 Å². The predicted molar refractivity (Wildman–Crippen MR) is 52.9 cm³/mol. The number of rotatable bonds is 4. The zero-order chi connectivity index (χ0) is 10.4. The van der Waals surface area contributed by atoms with Crippen molar-refractivity contribution >= 4 is 17.7 Å². The third-order valence-electron chi connectivity index (χ3n) is 1.80. The van der Waals surface area contributed by atoms with Crippen LogP contribution < -0.4 is 0 Å². The molecule has 14 heavy (non-hydrogen) atoms. The van der Waals surface area contributed by atoms with Crippen LogP contribution in [0.2, 0.25) is 5.02 Å². The third-order valence-corrected chi connectivity index (χ3v) is 2.15. The largest absolute Gasteiger partial charge is 0.242 e. The maximum Gasteiger partial charge on any atom is 0.234 e. The van der Waals surface area contributed by atoms with E-state index in [9.17, 15) is 9.18 Å². The van der Waals surface area contributed by atoms with Crippen LogP contribution in [0, 0.1) is 0 Å². The second-order valence-electron chi connectivity index (χ2n) is 2.75. The zero-order valence-corrected chi connectivity index (χ0v) is 8.17. The van der Waals surface area contributed by atoms with Gasteiger partial charge in [0.2, 0.25) is 6.08 Å². The summed E-state index contributed by atoms with van der Waals surface area (Å²) in [6.07, 6.45) is 0.336. The van der Waals surface area contributed by atoms with E-state index in [1.165, 1.54) is 6.08 Å². The first-order valence-electron chi connectivity index (χ1n) is 4.18. The highest BCUT2D eigenvalue weighted by Crippen LogP contribution is 2.27. The summed E-state index contributed by atoms with van der Waals surface area (Å²) in [5.74, 6) is 0. The van der Waals surface area contributed by atoms with Gasteiger partial charge < -0.3 is 0 Å². The topological polar surface area (TPSA) is 29.4 Å². The highest BCUT2D eigenvalue weighted by molar-refractivity contribution is 6.31. The number of hydrogen-bond acceptors (Lipinski definition) is 2. The lowest BCUT2D eigenvalue weighted by molar-refractivity contribution is 0.328. The van der Waals surface area contributed by atoms with Gasteiger partial charge in [0.1, 0.15) is 6.17 Å². The van der Waals surface area contributed by atoms with Crippen molar-refractivity contribution < 1.29 is 9.18 Å². The van der Waals surface area contributed by atoms with Gasteiger partial charge >= 0.3 is 0 Å². The molecule has 0 heterocycles. The summed E-state index contributed by atoms with van der Waals surface area (Å²) in [6.45, 7) is 0.135. The van der Waals surface area contributed by atoms with Crippen LogP contribution in [-0.4, -0.2) is 12.6 Å². The zero-order valence-electron chi connectivity index (χ0n) is 7.41. The van der Waals surface area contributed by atoms with Crippen LogP contribution in [-0.2, 0) is 4.79 Å². The SMILES string of the molecule is O=C=NCCC(F)c1ccccc1Cl. The number of halogens is 2. The minimum Gasteiger partial charge on any atom is -0.242 e. The van der Waals surface area contributed by atoms with E-state index in [2.05, 4.69) is 4.99 Å². The molecule has 0 radical (unpaired) electrons. The van der Waals surface area contributed by atoms with E-state index >= 15 is 0 Å². The van der Waals surface area contributed by atoms with E-state index in [0.29, 0.717) is 10.6 Å². The lowest BCUT2D eigenvalue weighted by Crippen LogP contribution is -1.95. The summed E-state index contributed by atoms with van der Waals surface area (Å²) in [7, 11) is 0. The van der Waals surface area contributed by atoms with Crippen molar-refractivity contribution in [2.45, 2.75) is 12.6 Å². The quantitative estimate of drug-likeness (QED) is 0.558. The fraction of sp³-hybridized carbons (Fsp3) is 0.300. The molecule has 0 aliphatic carbocycles. The van der Waals surface area contributed by atoms with Gasteiger partial charge in [-0.05, 0) is 6.07 Å². The number of isocyanates is 1. The molecule has 1 aromatic carbocycles. The van der Waals surface area contributed by atoms with Crippen LogP contribution >= 0.6 is 11.6 Å². The van der Waals surface area contributed by atoms with Crippen molar-refractivity contribution in [3.8, 4) is 0 Å². The van der Waals surface area contributed by atoms with E-state index in [1.807, 2.05) is 0 Å². The highest BCUT2D eigenvalue weighted by Gasteiger charge is 2.11. The van der Waals surface area contributed by atoms with Crippen LogP contribution in [0.5, 0.6) is 0 Å². The average Bonchev–Trinajstić information content (AvgIpc) is 2.18. The molecule has 74 valence electrons. The normalized spacial score (nSPS) is 11.9. The first-order chi connectivity index (χ1) is 6.75. The molecule has 1 unspecified atom stereocenters. The van der Waals surface area contributed by atoms with Crippen LogP contribution in [0.4, 0.5) is 4.39 Å². The molecule has 0 aliphatic rings. The van der Waals surface area contributed by atoms with Crippen molar-refractivity contribution in [1.82, 2.24) is 0 Å². The fourth-order valence-electron chi connectivity index (χ4n) is 1.11. The van der Waals surface area contributed by atoms with Gasteiger partial charge in [0.05, 0.1) is 6.54 Å². The van der Waals surface area contributed by atoms with Gasteiger partial charge in [-0.2, -0.15) is 0 Å². The molecule has 0 saturated heterocycles. The van der Waals surface area contributed by atoms with Gasteiger partial charge in [-0.15, -0.1) is 0 Å². The molecule has 4 heteroatoms. The van der Waals surface area contributed by atoms with Crippen LogP contribution in [0.15, 0.2) is 29.3 Å². The Bertz CT molecular complexity index is 350. The van der Waals surface area contributed by atoms with E-state index in [0.717, 1.165) is 0 Å². The predicted octanol–water partition coefficient (Wildman–Crippen LogP) is 3.08. The maximum atomic E-state index is 13.4. The van der Waals surface area contributed by atoms with Crippen molar-refractivity contribution in [1.29, 1.82) is 0 Å². The summed E-state index contributed by atoms with van der Waals surface area (Å²) in [5, 5.41) is 0.398. The summed E-state index contributed by atoms with van der Waals surface area (Å²) < 4.78 is 13.4. The van der Waals surface area contributed by atoms with Crippen LogP contribution in [0.25, 0.3) is 0 Å². The molecule has 1 aromatic rings. The lowest BCUT2D eigenvalue weighted by atomic mass is 10.1. The molecule has 1 atom stereocenters. The average molecular weight is 214 g/mol. The minimum absolute atomic E-state index is 0.135. The van der Waals surface area contributed by atoms with E-state index in [1.54, 1.807) is 24.3 Å². The highest BCUT2D eigenvalue weighted by atomic mass is 35.5. The molecule has 0 N–H and O–H groups in total. The monoisotopic (exact) mass is 213 g/mol. The molecular formula is C10H9ClFNO. The second kappa shape index (κ2) is 5.53. The van der Waals surface area contributed by atoms with Gasteiger partial charge in [0.25, 0.3) is 0 Å². The summed E-state index contributed by atoms with van der Waals surface area (Å²) in [5.41, 5.74) is 0.440. The Hall–Kier alpha value is -1.18. The van der Waals surface area contributed by atoms with Crippen LogP contribution in [0.1, 0.15) is 18.2 Å². The third kappa shape index (κ3) is 2.95. The number of hydrogen-bond donors (Lipinski definition) is 0. The summed E-state index contributed by atoms with van der Waals surface area (Å²) >= 11 is 5.78. The fourth-order valence-corrected chi connectivity index (χ4v) is 1.36. The Morgan fingerprint density at radius 2 is 2.21 bits per heavy atom. The Balaban J connectivity index is 2.64. The first kappa shape index (κ1) is 10.9. The van der Waals surface area contributed by atoms with Gasteiger partial charge in [-0.25, -0.2) is 14.2 Å². The second-order valence-corrected chi connectivity index (χ2v) is 3.16. The van der Waals surface area contributed by atoms with Gasteiger partial charge in [0, 0.05) is 17.0 Å². The van der Waals surface area contributed by atoms with Gasteiger partial charge in [0.15, 0.2) is 0 Å². The molecule has 0 fully saturated rings. The molecule has 0 amide bonds. The molecule has 1 rings (SSSR count). The summed E-state index contributed by atoms with van der Waals surface area (Å²) in [4.78, 5) is 13.0. The summed E-state index contributed by atoms with van der Waals surface area (Å²) in [6, 6.07) is 6.71. The Labute approximate surface area is 86.4 Å². The lowest BCUT2D eigenvalue weighted by Gasteiger charge is -2.07. The minimum atomic E-state index is -1.18. The van der Waals surface area contributed by atoms with E-state index < -0.39 is 6.17 Å². The number of nitrogens with zero attached hydrogens (tertiary/aromatic N) is 1. The standard InChI is InChI=1S/C10H9ClFNO/c11-9-4-2-1-3-8(9)10(12)5-6-13-7-14/h1-4,10H,5-6H2. The number of alkyl halides is 1. The Morgan fingerprint density at radius 3 is 2.86 bits per heavy atom. The molecule has 2 nitrogen and oxygen atoms in total. The Morgan fingerprint density at radius 1 is 1.50 bits per heavy atom. The van der Waals surface area contributed by atoms with Crippen molar-refractivity contribution in [2.75, 3.05) is 6.54 Å². The van der Waals surface area contributed by atoms with E-state index in [4.69, 9.17) is 11.6 Å². The molecule has 0 aliphatic heterocycles. The smallest absolute Gasteiger partial charge is 0.234 e. The molecule has 0 bridgehead atoms. The van der Waals surface area contributed by atoms with Crippen molar-refractivity contribution in [3.63, 3.8) is 0 Å². The molecule has 0 saturated carbocycles. The number of carbonyl (C=O) groups excluding carboxylic acids is 1. The number of aliphatic imine (C=N–C) groups is 1. The van der Waals surface area contributed by atoms with Crippen molar-refractivity contribution in [3.05, 3.63) is 34.9 Å². The van der Waals surface area contributed by atoms with Gasteiger partial charge in [-0.1, -0.05) is 29.8 Å². The molecular weight excluding hydrogens is 205 g/mol. The maximum absolute atomic E-state index is 13.4. The van der Waals surface area contributed by atoms with E-state index in [-0.39, 0.29) is 13.0 Å². The first-order valence-corrected chi connectivity index (χ1v) is 4.55. The number of benzene rings is 1.